The van der Waals surface area contributed by atoms with Crippen LogP contribution >= 0.6 is 0 Å². The SMILES string of the molecule is C=CC[C@]1(CN2C(=O)CCCC2=O)CCCC=C1OCC. The fourth-order valence-electron chi connectivity index (χ4n) is 3.36. The second kappa shape index (κ2) is 6.92. The van der Waals surface area contributed by atoms with Crippen molar-refractivity contribution in [2.75, 3.05) is 13.2 Å². The molecule has 0 N–H and O–H groups in total. The number of nitrogens with zero attached hydrogens (tertiary/aromatic N) is 1. The predicted molar refractivity (Wildman–Crippen MR) is 81.4 cm³/mol. The van der Waals surface area contributed by atoms with Gasteiger partial charge in [0.2, 0.25) is 11.8 Å². The minimum absolute atomic E-state index is 0.0453. The number of hydrogen-bond acceptors (Lipinski definition) is 3. The van der Waals surface area contributed by atoms with Crippen LogP contribution in [0.15, 0.2) is 24.5 Å². The number of imide groups is 1. The first kappa shape index (κ1) is 15.8. The van der Waals surface area contributed by atoms with Gasteiger partial charge in [-0.1, -0.05) is 6.08 Å². The van der Waals surface area contributed by atoms with Crippen LogP contribution in [0.25, 0.3) is 0 Å². The quantitative estimate of drug-likeness (QED) is 0.558. The molecule has 0 aromatic carbocycles. The summed E-state index contributed by atoms with van der Waals surface area (Å²) in [7, 11) is 0. The van der Waals surface area contributed by atoms with Crippen LogP contribution in [0.2, 0.25) is 0 Å². The first-order valence-corrected chi connectivity index (χ1v) is 7.90. The third kappa shape index (κ3) is 3.36. The second-order valence-electron chi connectivity index (χ2n) is 5.89. The Morgan fingerprint density at radius 1 is 1.33 bits per heavy atom. The third-order valence-electron chi connectivity index (χ3n) is 4.39. The Hall–Kier alpha value is -1.58. The number of piperidine rings is 1. The lowest BCUT2D eigenvalue weighted by molar-refractivity contribution is -0.150. The predicted octanol–water partition coefficient (Wildman–Crippen LogP) is 3.19. The van der Waals surface area contributed by atoms with E-state index in [0.717, 1.165) is 31.4 Å². The second-order valence-corrected chi connectivity index (χ2v) is 5.89. The normalized spacial score (nSPS) is 26.5. The van der Waals surface area contributed by atoms with E-state index in [9.17, 15) is 9.59 Å². The molecule has 2 amide bonds. The van der Waals surface area contributed by atoms with E-state index in [-0.39, 0.29) is 17.2 Å². The van der Waals surface area contributed by atoms with Crippen molar-refractivity contribution in [3.63, 3.8) is 0 Å². The Morgan fingerprint density at radius 2 is 2.05 bits per heavy atom. The maximum atomic E-state index is 12.1. The van der Waals surface area contributed by atoms with Crippen molar-refractivity contribution in [1.82, 2.24) is 4.90 Å². The molecule has 116 valence electrons. The summed E-state index contributed by atoms with van der Waals surface area (Å²) < 4.78 is 5.83. The van der Waals surface area contributed by atoms with Gasteiger partial charge in [0.1, 0.15) is 5.76 Å². The maximum Gasteiger partial charge on any atom is 0.229 e. The molecular weight excluding hydrogens is 266 g/mol. The van der Waals surface area contributed by atoms with Crippen LogP contribution in [0, 0.1) is 5.41 Å². The molecule has 1 saturated heterocycles. The van der Waals surface area contributed by atoms with Gasteiger partial charge in [-0.05, 0) is 45.1 Å². The molecule has 2 rings (SSSR count). The highest BCUT2D eigenvalue weighted by Gasteiger charge is 2.41. The van der Waals surface area contributed by atoms with E-state index in [4.69, 9.17) is 4.74 Å². The molecular formula is C17H25NO3. The monoisotopic (exact) mass is 291 g/mol. The molecule has 1 aliphatic carbocycles. The Morgan fingerprint density at radius 3 is 2.67 bits per heavy atom. The summed E-state index contributed by atoms with van der Waals surface area (Å²) in [6, 6.07) is 0. The molecule has 0 aromatic rings. The highest BCUT2D eigenvalue weighted by molar-refractivity contribution is 5.97. The Labute approximate surface area is 126 Å². The zero-order valence-corrected chi connectivity index (χ0v) is 12.9. The van der Waals surface area contributed by atoms with Gasteiger partial charge in [0.05, 0.1) is 6.61 Å². The highest BCUT2D eigenvalue weighted by atomic mass is 16.5. The van der Waals surface area contributed by atoms with Gasteiger partial charge in [0.15, 0.2) is 0 Å². The van der Waals surface area contributed by atoms with E-state index < -0.39 is 0 Å². The summed E-state index contributed by atoms with van der Waals surface area (Å²) in [4.78, 5) is 25.7. The van der Waals surface area contributed by atoms with Gasteiger partial charge >= 0.3 is 0 Å². The Kier molecular flexibility index (Phi) is 5.21. The van der Waals surface area contributed by atoms with E-state index in [1.54, 1.807) is 0 Å². The first-order chi connectivity index (χ1) is 10.1. The Balaban J connectivity index is 2.26. The maximum absolute atomic E-state index is 12.1. The zero-order chi connectivity index (χ0) is 15.3. The summed E-state index contributed by atoms with van der Waals surface area (Å²) in [6.45, 7) is 6.85. The van der Waals surface area contributed by atoms with Crippen molar-refractivity contribution >= 4 is 11.8 Å². The summed E-state index contributed by atoms with van der Waals surface area (Å²) in [5, 5.41) is 0. The minimum atomic E-state index is -0.279. The fourth-order valence-corrected chi connectivity index (χ4v) is 3.36. The number of carbonyl (C=O) groups excluding carboxylic acids is 2. The molecule has 1 aliphatic heterocycles. The molecule has 0 aromatic heterocycles. The molecule has 4 heteroatoms. The van der Waals surface area contributed by atoms with Gasteiger partial charge in [-0.2, -0.15) is 0 Å². The van der Waals surface area contributed by atoms with Crippen LogP contribution in [0.3, 0.4) is 0 Å². The molecule has 1 heterocycles. The summed E-state index contributed by atoms with van der Waals surface area (Å²) in [5.74, 6) is 0.842. The van der Waals surface area contributed by atoms with Crippen molar-refractivity contribution in [3.05, 3.63) is 24.5 Å². The molecule has 0 saturated carbocycles. The molecule has 2 aliphatic rings. The molecule has 0 bridgehead atoms. The summed E-state index contributed by atoms with van der Waals surface area (Å²) >= 11 is 0. The van der Waals surface area contributed by atoms with E-state index >= 15 is 0 Å². The summed E-state index contributed by atoms with van der Waals surface area (Å²) in [5.41, 5.74) is -0.279. The van der Waals surface area contributed by atoms with Gasteiger partial charge < -0.3 is 4.74 Å². The van der Waals surface area contributed by atoms with Crippen LogP contribution in [0.5, 0.6) is 0 Å². The topological polar surface area (TPSA) is 46.6 Å². The molecule has 1 atom stereocenters. The lowest BCUT2D eigenvalue weighted by atomic mass is 9.73. The standard InChI is InChI=1S/C17H25NO3/c1-3-11-17(12-6-5-8-14(17)21-4-2)13-18-15(19)9-7-10-16(18)20/h3,8H,1,4-7,9-13H2,2H3/t17-/m1/s1. The number of rotatable bonds is 6. The van der Waals surface area contributed by atoms with Gasteiger partial charge in [0, 0.05) is 24.8 Å². The first-order valence-electron chi connectivity index (χ1n) is 7.90. The van der Waals surface area contributed by atoms with Crippen LogP contribution in [0.1, 0.15) is 51.9 Å². The van der Waals surface area contributed by atoms with E-state index in [1.807, 2.05) is 13.0 Å². The number of hydrogen-bond donors (Lipinski definition) is 0. The zero-order valence-electron chi connectivity index (χ0n) is 12.9. The largest absolute Gasteiger partial charge is 0.498 e. The smallest absolute Gasteiger partial charge is 0.229 e. The van der Waals surface area contributed by atoms with Crippen LogP contribution in [-0.4, -0.2) is 29.9 Å². The minimum Gasteiger partial charge on any atom is -0.498 e. The molecule has 21 heavy (non-hydrogen) atoms. The lowest BCUT2D eigenvalue weighted by Crippen LogP contribution is -2.48. The average Bonchev–Trinajstić information content (AvgIpc) is 2.46. The third-order valence-corrected chi connectivity index (χ3v) is 4.39. The van der Waals surface area contributed by atoms with Crippen molar-refractivity contribution in [1.29, 1.82) is 0 Å². The van der Waals surface area contributed by atoms with E-state index in [0.29, 0.717) is 32.4 Å². The van der Waals surface area contributed by atoms with Crippen LogP contribution in [-0.2, 0) is 14.3 Å². The highest BCUT2D eigenvalue weighted by Crippen LogP contribution is 2.43. The molecule has 0 radical (unpaired) electrons. The van der Waals surface area contributed by atoms with Gasteiger partial charge in [-0.3, -0.25) is 14.5 Å². The van der Waals surface area contributed by atoms with Gasteiger partial charge in [-0.15, -0.1) is 6.58 Å². The number of allylic oxidation sites excluding steroid dienone is 2. The molecule has 0 unspecified atom stereocenters. The van der Waals surface area contributed by atoms with Crippen molar-refractivity contribution in [2.45, 2.75) is 51.9 Å². The molecule has 1 fully saturated rings. The van der Waals surface area contributed by atoms with E-state index in [2.05, 4.69) is 12.7 Å². The molecule has 4 nitrogen and oxygen atoms in total. The average molecular weight is 291 g/mol. The summed E-state index contributed by atoms with van der Waals surface area (Å²) in [6.07, 6.45) is 9.34. The number of amides is 2. The van der Waals surface area contributed by atoms with Gasteiger partial charge in [-0.25, -0.2) is 0 Å². The fraction of sp³-hybridized carbons (Fsp3) is 0.647. The van der Waals surface area contributed by atoms with Crippen molar-refractivity contribution < 1.29 is 14.3 Å². The molecule has 0 spiro atoms. The van der Waals surface area contributed by atoms with Crippen molar-refractivity contribution in [2.24, 2.45) is 5.41 Å². The van der Waals surface area contributed by atoms with Gasteiger partial charge in [0.25, 0.3) is 0 Å². The van der Waals surface area contributed by atoms with Crippen LogP contribution in [0.4, 0.5) is 0 Å². The number of likely N-dealkylation sites (tertiary alicyclic amines) is 1. The lowest BCUT2D eigenvalue weighted by Gasteiger charge is -2.41. The number of carbonyl (C=O) groups is 2. The number of ether oxygens (including phenoxy) is 1. The van der Waals surface area contributed by atoms with Crippen LogP contribution < -0.4 is 0 Å². The van der Waals surface area contributed by atoms with E-state index in [1.165, 1.54) is 4.90 Å². The van der Waals surface area contributed by atoms with Crippen molar-refractivity contribution in [3.8, 4) is 0 Å². The Bertz CT molecular complexity index is 439.